The molecule has 1 aromatic heterocycles. The third-order valence-corrected chi connectivity index (χ3v) is 2.99. The van der Waals surface area contributed by atoms with Gasteiger partial charge in [0.2, 0.25) is 0 Å². The lowest BCUT2D eigenvalue weighted by Gasteiger charge is -2.13. The van der Waals surface area contributed by atoms with Gasteiger partial charge >= 0.3 is 0 Å². The molecule has 2 N–H and O–H groups in total. The van der Waals surface area contributed by atoms with Crippen molar-refractivity contribution in [1.29, 1.82) is 0 Å². The maximum absolute atomic E-state index is 5.85. The van der Waals surface area contributed by atoms with Gasteiger partial charge in [-0.2, -0.15) is 0 Å². The molecule has 0 radical (unpaired) electrons. The van der Waals surface area contributed by atoms with E-state index in [4.69, 9.17) is 15.2 Å². The number of hydrogen-bond donors (Lipinski definition) is 1. The fourth-order valence-corrected chi connectivity index (χ4v) is 1.76. The molecule has 0 saturated carbocycles. The van der Waals surface area contributed by atoms with E-state index in [9.17, 15) is 0 Å². The molecule has 2 rings (SSSR count). The van der Waals surface area contributed by atoms with Crippen LogP contribution in [0.3, 0.4) is 0 Å². The van der Waals surface area contributed by atoms with Crippen molar-refractivity contribution in [3.63, 3.8) is 0 Å². The van der Waals surface area contributed by atoms with Gasteiger partial charge in [-0.25, -0.2) is 4.98 Å². The predicted molar refractivity (Wildman–Crippen MR) is 73.1 cm³/mol. The van der Waals surface area contributed by atoms with E-state index in [1.165, 1.54) is 0 Å². The quantitative estimate of drug-likeness (QED) is 0.894. The average molecular weight is 261 g/mol. The van der Waals surface area contributed by atoms with Crippen LogP contribution in [0.15, 0.2) is 30.6 Å². The summed E-state index contributed by atoms with van der Waals surface area (Å²) in [7, 11) is 3.55. The number of benzene rings is 1. The molecule has 0 unspecified atom stereocenters. The van der Waals surface area contributed by atoms with Crippen LogP contribution in [0.4, 0.5) is 0 Å². The number of methoxy groups -OCH3 is 1. The van der Waals surface area contributed by atoms with Gasteiger partial charge in [-0.15, -0.1) is 0 Å². The average Bonchev–Trinajstić information content (AvgIpc) is 2.81. The van der Waals surface area contributed by atoms with Crippen molar-refractivity contribution < 1.29 is 9.47 Å². The predicted octanol–water partition coefficient (Wildman–Crippen LogP) is 2.03. The Morgan fingerprint density at radius 2 is 2.16 bits per heavy atom. The minimum Gasteiger partial charge on any atom is -0.493 e. The normalized spacial score (nSPS) is 12.2. The molecule has 5 nitrogen and oxygen atoms in total. The van der Waals surface area contributed by atoms with Gasteiger partial charge in [0.25, 0.3) is 0 Å². The molecule has 0 aliphatic carbocycles. The Bertz CT molecular complexity index is 549. The van der Waals surface area contributed by atoms with Crippen molar-refractivity contribution in [2.45, 2.75) is 19.6 Å². The van der Waals surface area contributed by atoms with Crippen molar-refractivity contribution in [3.05, 3.63) is 42.0 Å². The maximum atomic E-state index is 5.85. The van der Waals surface area contributed by atoms with Crippen molar-refractivity contribution in [2.24, 2.45) is 12.8 Å². The molecule has 0 fully saturated rings. The molecule has 0 aliphatic rings. The number of ether oxygens (including phenoxy) is 2. The Morgan fingerprint density at radius 1 is 1.37 bits per heavy atom. The summed E-state index contributed by atoms with van der Waals surface area (Å²) in [5.74, 6) is 2.23. The van der Waals surface area contributed by atoms with E-state index in [2.05, 4.69) is 4.98 Å². The Morgan fingerprint density at radius 3 is 2.74 bits per heavy atom. The summed E-state index contributed by atoms with van der Waals surface area (Å²) in [6, 6.07) is 5.69. The fraction of sp³-hybridized carbons (Fsp3) is 0.357. The topological polar surface area (TPSA) is 62.3 Å². The first kappa shape index (κ1) is 13.4. The summed E-state index contributed by atoms with van der Waals surface area (Å²) in [6.45, 7) is 2.33. The lowest BCUT2D eigenvalue weighted by atomic mass is 10.1. The minimum absolute atomic E-state index is 0.0301. The van der Waals surface area contributed by atoms with Gasteiger partial charge in [0.05, 0.1) is 7.11 Å². The highest BCUT2D eigenvalue weighted by Gasteiger charge is 2.09. The molecule has 0 aliphatic heterocycles. The summed E-state index contributed by atoms with van der Waals surface area (Å²) in [4.78, 5) is 4.21. The molecule has 19 heavy (non-hydrogen) atoms. The van der Waals surface area contributed by atoms with Crippen molar-refractivity contribution in [2.75, 3.05) is 7.11 Å². The van der Waals surface area contributed by atoms with Gasteiger partial charge in [0.1, 0.15) is 12.4 Å². The highest BCUT2D eigenvalue weighted by molar-refractivity contribution is 5.43. The number of nitrogens with two attached hydrogens (primary N) is 1. The molecule has 1 heterocycles. The lowest BCUT2D eigenvalue weighted by molar-refractivity contribution is 0.273. The van der Waals surface area contributed by atoms with Gasteiger partial charge in [-0.1, -0.05) is 6.07 Å². The zero-order valence-corrected chi connectivity index (χ0v) is 11.5. The number of hydrogen-bond acceptors (Lipinski definition) is 4. The first-order chi connectivity index (χ1) is 9.11. The van der Waals surface area contributed by atoms with Crippen LogP contribution in [-0.2, 0) is 13.7 Å². The summed E-state index contributed by atoms with van der Waals surface area (Å²) in [5.41, 5.74) is 6.86. The standard InChI is InChI=1S/C14H19N3O2/c1-10(15)11-4-5-12(13(8-11)18-3)19-9-14-16-6-7-17(14)2/h4-8,10H,9,15H2,1-3H3/t10-/m0/s1. The second-order valence-corrected chi connectivity index (χ2v) is 4.44. The number of imidazole rings is 1. The van der Waals surface area contributed by atoms with E-state index >= 15 is 0 Å². The van der Waals surface area contributed by atoms with Crippen LogP contribution < -0.4 is 15.2 Å². The van der Waals surface area contributed by atoms with E-state index in [0.717, 1.165) is 11.4 Å². The van der Waals surface area contributed by atoms with E-state index in [1.807, 2.05) is 42.9 Å². The van der Waals surface area contributed by atoms with Gasteiger partial charge in [-0.3, -0.25) is 0 Å². The van der Waals surface area contributed by atoms with Gasteiger partial charge in [0.15, 0.2) is 11.5 Å². The smallest absolute Gasteiger partial charge is 0.161 e. The van der Waals surface area contributed by atoms with E-state index < -0.39 is 0 Å². The summed E-state index contributed by atoms with van der Waals surface area (Å²) < 4.78 is 13.0. The highest BCUT2D eigenvalue weighted by atomic mass is 16.5. The third-order valence-electron chi connectivity index (χ3n) is 2.99. The van der Waals surface area contributed by atoms with Crippen LogP contribution in [0.5, 0.6) is 11.5 Å². The molecule has 0 bridgehead atoms. The van der Waals surface area contributed by atoms with E-state index in [-0.39, 0.29) is 6.04 Å². The molecule has 0 amide bonds. The molecule has 2 aromatic rings. The lowest BCUT2D eigenvalue weighted by Crippen LogP contribution is -2.07. The highest BCUT2D eigenvalue weighted by Crippen LogP contribution is 2.30. The van der Waals surface area contributed by atoms with Gasteiger partial charge in [0, 0.05) is 25.5 Å². The first-order valence-electron chi connectivity index (χ1n) is 6.14. The maximum Gasteiger partial charge on any atom is 0.161 e. The van der Waals surface area contributed by atoms with Crippen LogP contribution in [-0.4, -0.2) is 16.7 Å². The Hall–Kier alpha value is -2.01. The SMILES string of the molecule is COc1cc([C@H](C)N)ccc1OCc1nccn1C. The van der Waals surface area contributed by atoms with Crippen LogP contribution in [0, 0.1) is 0 Å². The monoisotopic (exact) mass is 261 g/mol. The van der Waals surface area contributed by atoms with Crippen LogP contribution in [0.1, 0.15) is 24.4 Å². The molecular weight excluding hydrogens is 242 g/mol. The van der Waals surface area contributed by atoms with Crippen molar-refractivity contribution >= 4 is 0 Å². The molecule has 1 aromatic carbocycles. The van der Waals surface area contributed by atoms with E-state index in [0.29, 0.717) is 18.1 Å². The first-order valence-corrected chi connectivity index (χ1v) is 6.14. The largest absolute Gasteiger partial charge is 0.493 e. The minimum atomic E-state index is -0.0301. The van der Waals surface area contributed by atoms with Gasteiger partial charge < -0.3 is 19.8 Å². The summed E-state index contributed by atoms with van der Waals surface area (Å²) in [6.07, 6.45) is 3.63. The van der Waals surface area contributed by atoms with Crippen LogP contribution in [0.25, 0.3) is 0 Å². The van der Waals surface area contributed by atoms with Crippen LogP contribution >= 0.6 is 0 Å². The zero-order chi connectivity index (χ0) is 13.8. The second kappa shape index (κ2) is 5.75. The number of aryl methyl sites for hydroxylation is 1. The van der Waals surface area contributed by atoms with Crippen molar-refractivity contribution in [3.8, 4) is 11.5 Å². The zero-order valence-electron chi connectivity index (χ0n) is 11.5. The number of aromatic nitrogens is 2. The molecule has 102 valence electrons. The third kappa shape index (κ3) is 3.06. The summed E-state index contributed by atoms with van der Waals surface area (Å²) in [5, 5.41) is 0. The number of rotatable bonds is 5. The van der Waals surface area contributed by atoms with Crippen LogP contribution in [0.2, 0.25) is 0 Å². The van der Waals surface area contributed by atoms with Gasteiger partial charge in [-0.05, 0) is 24.6 Å². The number of nitrogens with zero attached hydrogens (tertiary/aromatic N) is 2. The van der Waals surface area contributed by atoms with Crippen molar-refractivity contribution in [1.82, 2.24) is 9.55 Å². The molecule has 1 atom stereocenters. The molecular formula is C14H19N3O2. The summed E-state index contributed by atoms with van der Waals surface area (Å²) >= 11 is 0. The second-order valence-electron chi connectivity index (χ2n) is 4.44. The molecule has 5 heteroatoms. The molecule has 0 spiro atoms. The Kier molecular flexibility index (Phi) is 4.06. The fourth-order valence-electron chi connectivity index (χ4n) is 1.76. The van der Waals surface area contributed by atoms with E-state index in [1.54, 1.807) is 13.3 Å². The Labute approximate surface area is 113 Å². The Balaban J connectivity index is 2.14. The molecule has 0 saturated heterocycles.